The zero-order valence-electron chi connectivity index (χ0n) is 14.3. The Balaban J connectivity index is 2.22. The van der Waals surface area contributed by atoms with E-state index in [0.29, 0.717) is 38.1 Å². The predicted octanol–water partition coefficient (Wildman–Crippen LogP) is 2.30. The number of carbonyl (C=O) groups is 2. The summed E-state index contributed by atoms with van der Waals surface area (Å²) in [4.78, 5) is 26.6. The lowest BCUT2D eigenvalue weighted by Gasteiger charge is -2.32. The average Bonchev–Trinajstić information content (AvgIpc) is 2.59. The summed E-state index contributed by atoms with van der Waals surface area (Å²) in [6.45, 7) is 4.67. The van der Waals surface area contributed by atoms with Crippen molar-refractivity contribution in [3.63, 3.8) is 0 Å². The van der Waals surface area contributed by atoms with Gasteiger partial charge < -0.3 is 14.7 Å². The molecular weight excluding hydrogens is 306 g/mol. The first-order valence-corrected chi connectivity index (χ1v) is 8.44. The summed E-state index contributed by atoms with van der Waals surface area (Å²) < 4.78 is 5.12. The normalized spacial score (nSPS) is 16.3. The van der Waals surface area contributed by atoms with Gasteiger partial charge in [-0.15, -0.1) is 0 Å². The fraction of sp³-hybridized carbons (Fsp3) is 0.474. The monoisotopic (exact) mass is 331 g/mol. The zero-order valence-corrected chi connectivity index (χ0v) is 14.3. The van der Waals surface area contributed by atoms with Gasteiger partial charge in [-0.05, 0) is 30.9 Å². The molecule has 1 aromatic rings. The second-order valence-corrected chi connectivity index (χ2v) is 5.84. The topological polar surface area (TPSA) is 66.8 Å². The van der Waals surface area contributed by atoms with Crippen LogP contribution >= 0.6 is 0 Å². The van der Waals surface area contributed by atoms with Gasteiger partial charge >= 0.3 is 5.97 Å². The quantitative estimate of drug-likeness (QED) is 0.779. The number of ether oxygens (including phenoxy) is 1. The van der Waals surface area contributed by atoms with Gasteiger partial charge in [-0.25, -0.2) is 0 Å². The van der Waals surface area contributed by atoms with Crippen LogP contribution in [0.15, 0.2) is 41.5 Å². The minimum Gasteiger partial charge on any atom is -0.466 e. The van der Waals surface area contributed by atoms with Crippen LogP contribution in [0.2, 0.25) is 0 Å². The fourth-order valence-corrected chi connectivity index (χ4v) is 3.14. The molecule has 0 saturated carbocycles. The number of rotatable bonds is 7. The molecule has 0 bridgehead atoms. The summed E-state index contributed by atoms with van der Waals surface area (Å²) >= 11 is 0. The van der Waals surface area contributed by atoms with E-state index in [2.05, 4.69) is 0 Å². The number of nitrogens with zero attached hydrogens (tertiary/aromatic N) is 1. The molecule has 0 spiro atoms. The second-order valence-electron chi connectivity index (χ2n) is 5.84. The molecule has 1 atom stereocenters. The molecule has 1 amide bonds. The minimum atomic E-state index is -0.449. The summed E-state index contributed by atoms with van der Waals surface area (Å²) in [6, 6.07) is 9.75. The molecule has 1 heterocycles. The summed E-state index contributed by atoms with van der Waals surface area (Å²) in [5.74, 6) is -0.953. The molecule has 1 N–H and O–H groups in total. The molecule has 1 aliphatic rings. The highest BCUT2D eigenvalue weighted by Crippen LogP contribution is 2.29. The van der Waals surface area contributed by atoms with Crippen molar-refractivity contribution in [1.29, 1.82) is 0 Å². The van der Waals surface area contributed by atoms with Crippen molar-refractivity contribution in [3.8, 4) is 0 Å². The molecule has 0 saturated heterocycles. The average molecular weight is 331 g/mol. The summed E-state index contributed by atoms with van der Waals surface area (Å²) in [6.07, 6.45) is 1.15. The Hall–Kier alpha value is -2.14. The van der Waals surface area contributed by atoms with E-state index in [9.17, 15) is 14.7 Å². The standard InChI is InChI=1S/C19H25NO4/c1-3-15(19(23)24-4-2)16-10-11-20(18(22)17(16)13-21)12-14-8-6-5-7-9-14/h5-9,15,21H,3-4,10-13H2,1-2H3. The maximum absolute atomic E-state index is 12.7. The second kappa shape index (κ2) is 8.64. The van der Waals surface area contributed by atoms with Crippen LogP contribution in [0.5, 0.6) is 0 Å². The van der Waals surface area contributed by atoms with Crippen LogP contribution in [0.4, 0.5) is 0 Å². The lowest BCUT2D eigenvalue weighted by molar-refractivity contribution is -0.146. The van der Waals surface area contributed by atoms with Crippen molar-refractivity contribution in [2.75, 3.05) is 19.8 Å². The first-order chi connectivity index (χ1) is 11.6. The van der Waals surface area contributed by atoms with E-state index in [-0.39, 0.29) is 18.5 Å². The van der Waals surface area contributed by atoms with Crippen LogP contribution in [0.1, 0.15) is 32.3 Å². The molecular formula is C19H25NO4. The third kappa shape index (κ3) is 4.03. The van der Waals surface area contributed by atoms with Crippen LogP contribution in [0.3, 0.4) is 0 Å². The van der Waals surface area contributed by atoms with E-state index in [1.807, 2.05) is 37.3 Å². The summed E-state index contributed by atoms with van der Waals surface area (Å²) in [5.41, 5.74) is 2.12. The van der Waals surface area contributed by atoms with E-state index in [0.717, 1.165) is 11.1 Å². The van der Waals surface area contributed by atoms with E-state index in [1.54, 1.807) is 11.8 Å². The molecule has 0 radical (unpaired) electrons. The van der Waals surface area contributed by atoms with Crippen molar-refractivity contribution in [1.82, 2.24) is 4.90 Å². The van der Waals surface area contributed by atoms with Crippen LogP contribution in [0.25, 0.3) is 0 Å². The summed E-state index contributed by atoms with van der Waals surface area (Å²) in [5, 5.41) is 9.71. The number of aliphatic hydroxyl groups is 1. The van der Waals surface area contributed by atoms with E-state index in [4.69, 9.17) is 4.74 Å². The first kappa shape index (κ1) is 18.2. The lowest BCUT2D eigenvalue weighted by Crippen LogP contribution is -2.40. The molecule has 5 heteroatoms. The van der Waals surface area contributed by atoms with Gasteiger partial charge in [0.15, 0.2) is 0 Å². The largest absolute Gasteiger partial charge is 0.466 e. The van der Waals surface area contributed by atoms with Crippen LogP contribution in [0, 0.1) is 5.92 Å². The van der Waals surface area contributed by atoms with E-state index in [1.165, 1.54) is 0 Å². The number of hydrogen-bond acceptors (Lipinski definition) is 4. The maximum Gasteiger partial charge on any atom is 0.313 e. The number of amides is 1. The molecule has 0 fully saturated rings. The molecule has 5 nitrogen and oxygen atoms in total. The SMILES string of the molecule is CCOC(=O)C(CC)C1=C(CO)C(=O)N(Cc2ccccc2)CC1. The molecule has 1 aromatic carbocycles. The van der Waals surface area contributed by atoms with Crippen molar-refractivity contribution in [2.24, 2.45) is 5.92 Å². The Morgan fingerprint density at radius 2 is 2.00 bits per heavy atom. The smallest absolute Gasteiger partial charge is 0.313 e. The Labute approximate surface area is 142 Å². The number of carbonyl (C=O) groups excluding carboxylic acids is 2. The van der Waals surface area contributed by atoms with Crippen molar-refractivity contribution >= 4 is 11.9 Å². The molecule has 1 aliphatic heterocycles. The van der Waals surface area contributed by atoms with Gasteiger partial charge in [-0.1, -0.05) is 37.3 Å². The minimum absolute atomic E-state index is 0.189. The highest BCUT2D eigenvalue weighted by atomic mass is 16.5. The number of esters is 1. The van der Waals surface area contributed by atoms with Gasteiger partial charge in [-0.3, -0.25) is 9.59 Å². The van der Waals surface area contributed by atoms with Crippen molar-refractivity contribution in [3.05, 3.63) is 47.0 Å². The highest BCUT2D eigenvalue weighted by Gasteiger charge is 2.33. The molecule has 1 unspecified atom stereocenters. The lowest BCUT2D eigenvalue weighted by atomic mass is 9.86. The van der Waals surface area contributed by atoms with Gasteiger partial charge in [0.2, 0.25) is 0 Å². The fourth-order valence-electron chi connectivity index (χ4n) is 3.14. The van der Waals surface area contributed by atoms with E-state index < -0.39 is 5.92 Å². The van der Waals surface area contributed by atoms with Gasteiger partial charge in [0.25, 0.3) is 5.91 Å². The molecule has 2 rings (SSSR count). The molecule has 130 valence electrons. The Bertz CT molecular complexity index is 609. The van der Waals surface area contributed by atoms with Gasteiger partial charge in [0, 0.05) is 18.7 Å². The van der Waals surface area contributed by atoms with Gasteiger partial charge in [0.05, 0.1) is 19.1 Å². The first-order valence-electron chi connectivity index (χ1n) is 8.44. The molecule has 0 aromatic heterocycles. The van der Waals surface area contributed by atoms with Crippen molar-refractivity contribution < 1.29 is 19.4 Å². The Morgan fingerprint density at radius 3 is 2.58 bits per heavy atom. The van der Waals surface area contributed by atoms with Gasteiger partial charge in [0.1, 0.15) is 0 Å². The van der Waals surface area contributed by atoms with Crippen molar-refractivity contribution in [2.45, 2.75) is 33.2 Å². The molecule has 24 heavy (non-hydrogen) atoms. The predicted molar refractivity (Wildman–Crippen MR) is 91.0 cm³/mol. The number of hydrogen-bond donors (Lipinski definition) is 1. The number of aliphatic hydroxyl groups excluding tert-OH is 1. The third-order valence-corrected chi connectivity index (χ3v) is 4.36. The molecule has 0 aliphatic carbocycles. The van der Waals surface area contributed by atoms with Gasteiger partial charge in [-0.2, -0.15) is 0 Å². The van der Waals surface area contributed by atoms with Crippen LogP contribution in [-0.2, 0) is 20.9 Å². The Morgan fingerprint density at radius 1 is 1.29 bits per heavy atom. The zero-order chi connectivity index (χ0) is 17.5. The maximum atomic E-state index is 12.7. The number of benzene rings is 1. The van der Waals surface area contributed by atoms with Crippen LogP contribution < -0.4 is 0 Å². The highest BCUT2D eigenvalue weighted by molar-refractivity contribution is 5.96. The third-order valence-electron chi connectivity index (χ3n) is 4.36. The van der Waals surface area contributed by atoms with E-state index >= 15 is 0 Å². The summed E-state index contributed by atoms with van der Waals surface area (Å²) in [7, 11) is 0. The van der Waals surface area contributed by atoms with Crippen LogP contribution in [-0.4, -0.2) is 41.6 Å². The Kier molecular flexibility index (Phi) is 6.55.